The van der Waals surface area contributed by atoms with Gasteiger partial charge < -0.3 is 4.74 Å². The molecule has 1 fully saturated rings. The van der Waals surface area contributed by atoms with Crippen LogP contribution in [-0.2, 0) is 14.3 Å². The number of ether oxygens (including phenoxy) is 1. The molecule has 0 atom stereocenters. The summed E-state index contributed by atoms with van der Waals surface area (Å²) in [5.41, 5.74) is -0.759. The molecule has 74 valence electrons. The molecular formula is C10H16O3. The van der Waals surface area contributed by atoms with Crippen molar-refractivity contribution in [2.45, 2.75) is 39.0 Å². The third-order valence-electron chi connectivity index (χ3n) is 2.79. The molecule has 1 aliphatic carbocycles. The number of carbonyl (C=O) groups is 2. The van der Waals surface area contributed by atoms with Gasteiger partial charge in [0.1, 0.15) is 11.2 Å². The molecule has 0 N–H and O–H groups in total. The maximum Gasteiger partial charge on any atom is 0.319 e. The van der Waals surface area contributed by atoms with Crippen molar-refractivity contribution in [3.8, 4) is 0 Å². The van der Waals surface area contributed by atoms with Crippen molar-refractivity contribution >= 4 is 11.8 Å². The van der Waals surface area contributed by atoms with Gasteiger partial charge in [0.05, 0.1) is 7.11 Å². The summed E-state index contributed by atoms with van der Waals surface area (Å²) < 4.78 is 4.67. The first-order valence-corrected chi connectivity index (χ1v) is 4.79. The molecule has 0 aliphatic heterocycles. The topological polar surface area (TPSA) is 43.4 Å². The minimum absolute atomic E-state index is 0.0631. The number of ketones is 1. The highest BCUT2D eigenvalue weighted by atomic mass is 16.5. The number of methoxy groups -OCH3 is 1. The van der Waals surface area contributed by atoms with Gasteiger partial charge in [-0.3, -0.25) is 9.59 Å². The Morgan fingerprint density at radius 2 is 2.00 bits per heavy atom. The smallest absolute Gasteiger partial charge is 0.319 e. The quantitative estimate of drug-likeness (QED) is 0.493. The first kappa shape index (κ1) is 10.2. The highest BCUT2D eigenvalue weighted by molar-refractivity contribution is 6.04. The Labute approximate surface area is 78.5 Å². The zero-order valence-corrected chi connectivity index (χ0v) is 8.26. The molecule has 0 saturated heterocycles. The molecule has 0 aromatic rings. The molecule has 0 amide bonds. The Hall–Kier alpha value is -0.860. The van der Waals surface area contributed by atoms with E-state index in [9.17, 15) is 9.59 Å². The molecule has 0 spiro atoms. The fourth-order valence-electron chi connectivity index (χ4n) is 1.79. The van der Waals surface area contributed by atoms with Crippen molar-refractivity contribution in [1.82, 2.24) is 0 Å². The fourth-order valence-corrected chi connectivity index (χ4v) is 1.79. The van der Waals surface area contributed by atoms with Gasteiger partial charge in [0.2, 0.25) is 0 Å². The van der Waals surface area contributed by atoms with Gasteiger partial charge in [0, 0.05) is 6.42 Å². The van der Waals surface area contributed by atoms with Crippen molar-refractivity contribution < 1.29 is 14.3 Å². The molecule has 0 bridgehead atoms. The number of carbonyl (C=O) groups excluding carboxylic acids is 2. The van der Waals surface area contributed by atoms with Crippen LogP contribution in [0.15, 0.2) is 0 Å². The second-order valence-corrected chi connectivity index (χ2v) is 3.60. The molecule has 0 aromatic heterocycles. The zero-order valence-electron chi connectivity index (χ0n) is 8.26. The maximum atomic E-state index is 11.6. The molecule has 1 rings (SSSR count). The SMILES string of the molecule is CCCC(=O)C1(C(=O)OC)CCC1. The average Bonchev–Trinajstić information content (AvgIpc) is 2.02. The van der Waals surface area contributed by atoms with Crippen LogP contribution in [0, 0.1) is 5.41 Å². The second kappa shape index (κ2) is 3.90. The first-order chi connectivity index (χ1) is 6.17. The lowest BCUT2D eigenvalue weighted by atomic mass is 9.65. The van der Waals surface area contributed by atoms with Crippen molar-refractivity contribution in [3.05, 3.63) is 0 Å². The summed E-state index contributed by atoms with van der Waals surface area (Å²) in [4.78, 5) is 23.0. The van der Waals surface area contributed by atoms with Crippen LogP contribution in [0.25, 0.3) is 0 Å². The van der Waals surface area contributed by atoms with Gasteiger partial charge in [-0.05, 0) is 19.3 Å². The summed E-state index contributed by atoms with van der Waals surface area (Å²) in [6.45, 7) is 1.95. The van der Waals surface area contributed by atoms with Crippen molar-refractivity contribution in [2.75, 3.05) is 7.11 Å². The van der Waals surface area contributed by atoms with Gasteiger partial charge in [-0.25, -0.2) is 0 Å². The molecule has 0 aromatic carbocycles. The van der Waals surface area contributed by atoms with E-state index in [-0.39, 0.29) is 11.8 Å². The van der Waals surface area contributed by atoms with E-state index >= 15 is 0 Å². The van der Waals surface area contributed by atoms with E-state index in [1.807, 2.05) is 6.92 Å². The van der Waals surface area contributed by atoms with E-state index < -0.39 is 5.41 Å². The summed E-state index contributed by atoms with van der Waals surface area (Å²) in [7, 11) is 1.35. The molecule has 1 aliphatic rings. The fraction of sp³-hybridized carbons (Fsp3) is 0.800. The molecule has 13 heavy (non-hydrogen) atoms. The number of Topliss-reactive ketones (excluding diaryl/α,β-unsaturated/α-hetero) is 1. The minimum Gasteiger partial charge on any atom is -0.468 e. The van der Waals surface area contributed by atoms with Crippen LogP contribution in [0.1, 0.15) is 39.0 Å². The highest BCUT2D eigenvalue weighted by Crippen LogP contribution is 2.43. The average molecular weight is 184 g/mol. The molecule has 1 saturated carbocycles. The number of hydrogen-bond donors (Lipinski definition) is 0. The largest absolute Gasteiger partial charge is 0.468 e. The predicted octanol–water partition coefficient (Wildman–Crippen LogP) is 1.70. The summed E-state index contributed by atoms with van der Waals surface area (Å²) in [6, 6.07) is 0. The van der Waals surface area contributed by atoms with Crippen LogP contribution in [0.3, 0.4) is 0 Å². The lowest BCUT2D eigenvalue weighted by Gasteiger charge is -2.37. The van der Waals surface area contributed by atoms with E-state index in [0.29, 0.717) is 19.3 Å². The minimum atomic E-state index is -0.759. The second-order valence-electron chi connectivity index (χ2n) is 3.60. The summed E-state index contributed by atoms with van der Waals surface area (Å²) >= 11 is 0. The van der Waals surface area contributed by atoms with Crippen LogP contribution < -0.4 is 0 Å². The van der Waals surface area contributed by atoms with Gasteiger partial charge in [-0.2, -0.15) is 0 Å². The predicted molar refractivity (Wildman–Crippen MR) is 48.2 cm³/mol. The van der Waals surface area contributed by atoms with Crippen molar-refractivity contribution in [3.63, 3.8) is 0 Å². The molecule has 3 nitrogen and oxygen atoms in total. The number of esters is 1. The summed E-state index contributed by atoms with van der Waals surface area (Å²) in [5, 5.41) is 0. The van der Waals surface area contributed by atoms with Crippen molar-refractivity contribution in [1.29, 1.82) is 0 Å². The van der Waals surface area contributed by atoms with Gasteiger partial charge in [0.25, 0.3) is 0 Å². The number of rotatable bonds is 4. The van der Waals surface area contributed by atoms with Gasteiger partial charge >= 0.3 is 5.97 Å². The Bertz CT molecular complexity index is 216. The van der Waals surface area contributed by atoms with E-state index in [1.165, 1.54) is 7.11 Å². The van der Waals surface area contributed by atoms with E-state index in [1.54, 1.807) is 0 Å². The normalized spacial score (nSPS) is 18.9. The van der Waals surface area contributed by atoms with E-state index in [2.05, 4.69) is 4.74 Å². The van der Waals surface area contributed by atoms with Gasteiger partial charge in [-0.1, -0.05) is 13.3 Å². The monoisotopic (exact) mass is 184 g/mol. The lowest BCUT2D eigenvalue weighted by molar-refractivity contribution is -0.164. The first-order valence-electron chi connectivity index (χ1n) is 4.79. The molecule has 0 unspecified atom stereocenters. The Morgan fingerprint density at radius 3 is 2.31 bits per heavy atom. The van der Waals surface area contributed by atoms with Crippen LogP contribution in [0.2, 0.25) is 0 Å². The summed E-state index contributed by atoms with van der Waals surface area (Å²) in [5.74, 6) is -0.273. The highest BCUT2D eigenvalue weighted by Gasteiger charge is 2.50. The molecule has 3 heteroatoms. The van der Waals surface area contributed by atoms with E-state index in [0.717, 1.165) is 12.8 Å². The van der Waals surface area contributed by atoms with Gasteiger partial charge in [0.15, 0.2) is 0 Å². The Kier molecular flexibility index (Phi) is 3.07. The Morgan fingerprint density at radius 1 is 1.38 bits per heavy atom. The zero-order chi connectivity index (χ0) is 9.90. The molecule has 0 radical (unpaired) electrons. The third kappa shape index (κ3) is 1.60. The molecular weight excluding hydrogens is 168 g/mol. The standard InChI is InChI=1S/C10H16O3/c1-3-5-8(11)10(6-4-7-10)9(12)13-2/h3-7H2,1-2H3. The van der Waals surface area contributed by atoms with E-state index in [4.69, 9.17) is 0 Å². The Balaban J connectivity index is 2.69. The van der Waals surface area contributed by atoms with Crippen molar-refractivity contribution in [2.24, 2.45) is 5.41 Å². The lowest BCUT2D eigenvalue weighted by Crippen LogP contribution is -2.45. The van der Waals surface area contributed by atoms with Gasteiger partial charge in [-0.15, -0.1) is 0 Å². The summed E-state index contributed by atoms with van der Waals surface area (Å²) in [6.07, 6.45) is 3.62. The van der Waals surface area contributed by atoms with Crippen LogP contribution in [0.5, 0.6) is 0 Å². The number of hydrogen-bond acceptors (Lipinski definition) is 3. The maximum absolute atomic E-state index is 11.6. The third-order valence-corrected chi connectivity index (χ3v) is 2.79. The van der Waals surface area contributed by atoms with Crippen LogP contribution >= 0.6 is 0 Å². The molecule has 0 heterocycles. The van der Waals surface area contributed by atoms with Crippen LogP contribution in [0.4, 0.5) is 0 Å². The van der Waals surface area contributed by atoms with Crippen LogP contribution in [-0.4, -0.2) is 18.9 Å².